The summed E-state index contributed by atoms with van der Waals surface area (Å²) < 4.78 is 5.19. The molecule has 1 unspecified atom stereocenters. The molecule has 0 N–H and O–H groups in total. The topological polar surface area (TPSA) is 66.0 Å². The SMILES string of the molecule is CCC1COC(=O)N1c1ccc(C(=O)N2CCN(c3ncc(C4CC4)cc3C3CC3)CC2)cc1. The van der Waals surface area contributed by atoms with Crippen molar-refractivity contribution < 1.29 is 14.3 Å². The highest BCUT2D eigenvalue weighted by Gasteiger charge is 2.34. The minimum atomic E-state index is -0.314. The van der Waals surface area contributed by atoms with Crippen LogP contribution in [0.2, 0.25) is 0 Å². The number of hydrogen-bond donors (Lipinski definition) is 0. The third-order valence-corrected chi connectivity index (χ3v) is 7.67. The molecule has 178 valence electrons. The maximum atomic E-state index is 13.2. The van der Waals surface area contributed by atoms with Gasteiger partial charge in [0.2, 0.25) is 0 Å². The van der Waals surface area contributed by atoms with E-state index in [2.05, 4.69) is 17.2 Å². The Morgan fingerprint density at radius 2 is 1.74 bits per heavy atom. The molecule has 3 heterocycles. The number of hydrogen-bond acceptors (Lipinski definition) is 5. The second kappa shape index (κ2) is 8.60. The monoisotopic (exact) mass is 460 g/mol. The van der Waals surface area contributed by atoms with Crippen LogP contribution in [0, 0.1) is 0 Å². The summed E-state index contributed by atoms with van der Waals surface area (Å²) in [4.78, 5) is 36.1. The molecule has 2 saturated heterocycles. The minimum Gasteiger partial charge on any atom is -0.447 e. The Bertz CT molecular complexity index is 1090. The van der Waals surface area contributed by atoms with Gasteiger partial charge in [-0.1, -0.05) is 13.0 Å². The van der Waals surface area contributed by atoms with Gasteiger partial charge in [0.25, 0.3) is 5.91 Å². The molecule has 2 amide bonds. The zero-order valence-corrected chi connectivity index (χ0v) is 19.8. The second-order valence-electron chi connectivity index (χ2n) is 10.1. The fourth-order valence-electron chi connectivity index (χ4n) is 5.24. The zero-order chi connectivity index (χ0) is 23.2. The van der Waals surface area contributed by atoms with Crippen LogP contribution in [0.4, 0.5) is 16.3 Å². The van der Waals surface area contributed by atoms with Gasteiger partial charge in [-0.25, -0.2) is 9.78 Å². The number of carbonyl (C=O) groups excluding carboxylic acids is 2. The predicted octanol–water partition coefficient (Wildman–Crippen LogP) is 4.53. The van der Waals surface area contributed by atoms with Crippen molar-refractivity contribution in [1.82, 2.24) is 9.88 Å². The van der Waals surface area contributed by atoms with Gasteiger partial charge in [0.1, 0.15) is 12.4 Å². The van der Waals surface area contributed by atoms with Crippen molar-refractivity contribution in [3.8, 4) is 0 Å². The molecule has 1 aromatic carbocycles. The van der Waals surface area contributed by atoms with E-state index >= 15 is 0 Å². The number of pyridine rings is 1. The number of benzene rings is 1. The first-order chi connectivity index (χ1) is 16.6. The maximum absolute atomic E-state index is 13.2. The minimum absolute atomic E-state index is 0.0432. The largest absolute Gasteiger partial charge is 0.447 e. The summed E-state index contributed by atoms with van der Waals surface area (Å²) in [6.45, 7) is 5.44. The van der Waals surface area contributed by atoms with Crippen molar-refractivity contribution >= 4 is 23.5 Å². The molecule has 2 aliphatic heterocycles. The van der Waals surface area contributed by atoms with Crippen LogP contribution in [0.5, 0.6) is 0 Å². The molecule has 0 radical (unpaired) electrons. The average molecular weight is 461 g/mol. The normalized spacial score (nSPS) is 22.8. The number of amides is 2. The number of carbonyl (C=O) groups is 2. The number of aromatic nitrogens is 1. The highest BCUT2D eigenvalue weighted by molar-refractivity contribution is 5.96. The molecule has 2 aliphatic carbocycles. The van der Waals surface area contributed by atoms with E-state index in [1.165, 1.54) is 36.8 Å². The Morgan fingerprint density at radius 3 is 2.38 bits per heavy atom. The lowest BCUT2D eigenvalue weighted by Gasteiger charge is -2.36. The first-order valence-corrected chi connectivity index (χ1v) is 12.7. The summed E-state index contributed by atoms with van der Waals surface area (Å²) in [6.07, 6.45) is 7.74. The van der Waals surface area contributed by atoms with Gasteiger partial charge in [-0.3, -0.25) is 9.69 Å². The van der Waals surface area contributed by atoms with Gasteiger partial charge < -0.3 is 14.5 Å². The number of anilines is 2. The van der Waals surface area contributed by atoms with Crippen LogP contribution in [0.3, 0.4) is 0 Å². The Labute approximate surface area is 200 Å². The van der Waals surface area contributed by atoms with Crippen molar-refractivity contribution in [2.24, 2.45) is 0 Å². The summed E-state index contributed by atoms with van der Waals surface area (Å²) in [6, 6.07) is 9.82. The molecule has 7 nitrogen and oxygen atoms in total. The molecule has 4 fully saturated rings. The van der Waals surface area contributed by atoms with E-state index < -0.39 is 0 Å². The Kier molecular flexibility index (Phi) is 5.42. The van der Waals surface area contributed by atoms with Gasteiger partial charge in [-0.15, -0.1) is 0 Å². The highest BCUT2D eigenvalue weighted by atomic mass is 16.6. The van der Waals surface area contributed by atoms with Crippen LogP contribution >= 0.6 is 0 Å². The number of nitrogens with zero attached hydrogens (tertiary/aromatic N) is 4. The first-order valence-electron chi connectivity index (χ1n) is 12.7. The van der Waals surface area contributed by atoms with Crippen molar-refractivity contribution in [2.75, 3.05) is 42.6 Å². The lowest BCUT2D eigenvalue weighted by molar-refractivity contribution is 0.0746. The van der Waals surface area contributed by atoms with Crippen LogP contribution in [0.25, 0.3) is 0 Å². The third kappa shape index (κ3) is 4.01. The van der Waals surface area contributed by atoms with Gasteiger partial charge >= 0.3 is 6.09 Å². The van der Waals surface area contributed by atoms with E-state index in [0.717, 1.165) is 36.9 Å². The smallest absolute Gasteiger partial charge is 0.414 e. The standard InChI is InChI=1S/C27H32N4O3/c1-2-22-17-34-27(33)31(22)23-9-7-20(8-10-23)26(32)30-13-11-29(12-14-30)25-24(19-5-6-19)15-21(16-28-25)18-3-4-18/h7-10,15-16,18-19,22H,2-6,11-14,17H2,1H3. The number of rotatable bonds is 6. The maximum Gasteiger partial charge on any atom is 0.414 e. The van der Waals surface area contributed by atoms with E-state index in [4.69, 9.17) is 9.72 Å². The summed E-state index contributed by atoms with van der Waals surface area (Å²) in [5.74, 6) is 2.57. The molecule has 0 bridgehead atoms. The summed E-state index contributed by atoms with van der Waals surface area (Å²) in [5, 5.41) is 0. The van der Waals surface area contributed by atoms with E-state index in [1.54, 1.807) is 4.90 Å². The molecular formula is C27H32N4O3. The van der Waals surface area contributed by atoms with E-state index in [0.29, 0.717) is 31.2 Å². The van der Waals surface area contributed by atoms with Gasteiger partial charge in [-0.05, 0) is 79.3 Å². The molecule has 0 spiro atoms. The van der Waals surface area contributed by atoms with Gasteiger partial charge in [0.15, 0.2) is 0 Å². The second-order valence-corrected chi connectivity index (χ2v) is 10.1. The molecule has 34 heavy (non-hydrogen) atoms. The summed E-state index contributed by atoms with van der Waals surface area (Å²) >= 11 is 0. The summed E-state index contributed by atoms with van der Waals surface area (Å²) in [5.41, 5.74) is 4.27. The van der Waals surface area contributed by atoms with Crippen molar-refractivity contribution in [3.63, 3.8) is 0 Å². The van der Waals surface area contributed by atoms with Crippen LogP contribution in [0.1, 0.15) is 72.3 Å². The molecule has 4 aliphatic rings. The van der Waals surface area contributed by atoms with Crippen molar-refractivity contribution in [3.05, 3.63) is 53.2 Å². The van der Waals surface area contributed by atoms with E-state index in [9.17, 15) is 9.59 Å². The van der Waals surface area contributed by atoms with Gasteiger partial charge in [0, 0.05) is 43.6 Å². The van der Waals surface area contributed by atoms with Crippen molar-refractivity contribution in [2.45, 2.75) is 56.9 Å². The van der Waals surface area contributed by atoms with Crippen LogP contribution in [-0.2, 0) is 4.74 Å². The molecular weight excluding hydrogens is 428 g/mol. The molecule has 6 rings (SSSR count). The number of piperazine rings is 1. The van der Waals surface area contributed by atoms with Gasteiger partial charge in [0.05, 0.1) is 6.04 Å². The fourth-order valence-corrected chi connectivity index (χ4v) is 5.24. The van der Waals surface area contributed by atoms with Gasteiger partial charge in [-0.2, -0.15) is 0 Å². The first kappa shape index (κ1) is 21.4. The quantitative estimate of drug-likeness (QED) is 0.634. The highest BCUT2D eigenvalue weighted by Crippen LogP contribution is 2.47. The Morgan fingerprint density at radius 1 is 1.03 bits per heavy atom. The van der Waals surface area contributed by atoms with Crippen LogP contribution in [-0.4, -0.2) is 60.7 Å². The summed E-state index contributed by atoms with van der Waals surface area (Å²) in [7, 11) is 0. The number of cyclic esters (lactones) is 1. The lowest BCUT2D eigenvalue weighted by atomic mass is 10.1. The third-order valence-electron chi connectivity index (χ3n) is 7.67. The molecule has 1 aromatic heterocycles. The Balaban J connectivity index is 1.11. The number of ether oxygens (including phenoxy) is 1. The molecule has 2 saturated carbocycles. The molecule has 2 aromatic rings. The zero-order valence-electron chi connectivity index (χ0n) is 19.8. The molecule has 1 atom stereocenters. The fraction of sp³-hybridized carbons (Fsp3) is 0.519. The van der Waals surface area contributed by atoms with E-state index in [-0.39, 0.29) is 18.0 Å². The molecule has 7 heteroatoms. The Hall–Kier alpha value is -3.09. The van der Waals surface area contributed by atoms with E-state index in [1.807, 2.05) is 36.1 Å². The van der Waals surface area contributed by atoms with Crippen molar-refractivity contribution in [1.29, 1.82) is 0 Å². The van der Waals surface area contributed by atoms with Crippen LogP contribution < -0.4 is 9.80 Å². The predicted molar refractivity (Wildman–Crippen MR) is 131 cm³/mol. The average Bonchev–Trinajstić information content (AvgIpc) is 3.81. The van der Waals surface area contributed by atoms with Crippen LogP contribution in [0.15, 0.2) is 36.5 Å². The lowest BCUT2D eigenvalue weighted by Crippen LogP contribution is -2.49.